The molecular weight excluding hydrogens is 498 g/mol. The number of nitrogens with one attached hydrogen (secondary N) is 1. The summed E-state index contributed by atoms with van der Waals surface area (Å²) in [5.41, 5.74) is 4.26. The number of benzene rings is 3. The fourth-order valence-electron chi connectivity index (χ4n) is 3.49. The first kappa shape index (κ1) is 28.2. The minimum atomic E-state index is -0.999. The number of nitrogens with zero attached hydrogens (tertiary/aromatic N) is 1. The standard InChI is InChI=1S/C28H30F2N2O6/c1-28(2,3)38-27(34)32(4)31-25-18(8-7-9-20(25)26(33)36-6)16-37-19-12-10-17(11-13-19)21-14-22(29)23(30)15-24(21)35-5/h7-15,31H,16H2,1-6H3. The molecule has 1 amide bonds. The highest BCUT2D eigenvalue weighted by Crippen LogP contribution is 2.33. The molecule has 0 heterocycles. The van der Waals surface area contributed by atoms with E-state index >= 15 is 0 Å². The lowest BCUT2D eigenvalue weighted by Gasteiger charge is -2.27. The number of hydrazine groups is 1. The zero-order chi connectivity index (χ0) is 28.0. The zero-order valence-corrected chi connectivity index (χ0v) is 22.1. The Morgan fingerprint density at radius 2 is 1.63 bits per heavy atom. The number of ether oxygens (including phenoxy) is 4. The predicted octanol–water partition coefficient (Wildman–Crippen LogP) is 6.20. The van der Waals surface area contributed by atoms with E-state index in [1.54, 1.807) is 63.2 Å². The van der Waals surface area contributed by atoms with Gasteiger partial charge < -0.3 is 18.9 Å². The molecule has 0 atom stereocenters. The summed E-state index contributed by atoms with van der Waals surface area (Å²) in [5.74, 6) is -1.91. The number of carbonyl (C=O) groups is 2. The minimum absolute atomic E-state index is 0.0309. The first-order chi connectivity index (χ1) is 17.9. The maximum Gasteiger partial charge on any atom is 0.428 e. The van der Waals surface area contributed by atoms with Gasteiger partial charge in [0.2, 0.25) is 0 Å². The van der Waals surface area contributed by atoms with Gasteiger partial charge in [-0.25, -0.2) is 23.4 Å². The molecule has 0 aromatic heterocycles. The van der Waals surface area contributed by atoms with Gasteiger partial charge in [0.25, 0.3) is 0 Å². The maximum absolute atomic E-state index is 13.8. The quantitative estimate of drug-likeness (QED) is 0.275. The van der Waals surface area contributed by atoms with E-state index in [-0.39, 0.29) is 17.9 Å². The normalized spacial score (nSPS) is 10.9. The van der Waals surface area contributed by atoms with E-state index in [4.69, 9.17) is 18.9 Å². The van der Waals surface area contributed by atoms with E-state index in [0.717, 1.165) is 17.1 Å². The number of para-hydroxylation sites is 1. The van der Waals surface area contributed by atoms with Gasteiger partial charge in [0.05, 0.1) is 25.5 Å². The topological polar surface area (TPSA) is 86.3 Å². The molecule has 0 saturated heterocycles. The maximum atomic E-state index is 13.8. The Hall–Kier alpha value is -4.34. The van der Waals surface area contributed by atoms with Crippen LogP contribution in [0.4, 0.5) is 19.3 Å². The molecule has 0 unspecified atom stereocenters. The Morgan fingerprint density at radius 3 is 2.24 bits per heavy atom. The van der Waals surface area contributed by atoms with Crippen molar-refractivity contribution >= 4 is 17.7 Å². The summed E-state index contributed by atoms with van der Waals surface area (Å²) >= 11 is 0. The lowest BCUT2D eigenvalue weighted by Crippen LogP contribution is -2.38. The van der Waals surface area contributed by atoms with Crippen LogP contribution in [-0.2, 0) is 16.1 Å². The lowest BCUT2D eigenvalue weighted by atomic mass is 10.0. The van der Waals surface area contributed by atoms with Gasteiger partial charge in [-0.05, 0) is 50.6 Å². The minimum Gasteiger partial charge on any atom is -0.496 e. The van der Waals surface area contributed by atoms with Crippen molar-refractivity contribution in [2.75, 3.05) is 26.7 Å². The molecule has 0 saturated carbocycles. The van der Waals surface area contributed by atoms with Crippen molar-refractivity contribution in [3.8, 4) is 22.6 Å². The largest absolute Gasteiger partial charge is 0.496 e. The number of esters is 1. The molecule has 0 aliphatic carbocycles. The monoisotopic (exact) mass is 528 g/mol. The number of rotatable bonds is 8. The van der Waals surface area contributed by atoms with Gasteiger partial charge in [0.1, 0.15) is 23.7 Å². The molecule has 0 bridgehead atoms. The van der Waals surface area contributed by atoms with Crippen LogP contribution in [0.2, 0.25) is 0 Å². The lowest BCUT2D eigenvalue weighted by molar-refractivity contribution is 0.0337. The summed E-state index contributed by atoms with van der Waals surface area (Å²) in [7, 11) is 4.11. The van der Waals surface area contributed by atoms with Crippen LogP contribution in [0.3, 0.4) is 0 Å². The third-order valence-corrected chi connectivity index (χ3v) is 5.30. The molecule has 1 N–H and O–H groups in total. The van der Waals surface area contributed by atoms with Crippen LogP contribution < -0.4 is 14.9 Å². The molecular formula is C28H30F2N2O6. The molecule has 202 valence electrons. The van der Waals surface area contributed by atoms with Crippen molar-refractivity contribution in [1.82, 2.24) is 5.01 Å². The fraction of sp³-hybridized carbons (Fsp3) is 0.286. The molecule has 3 aromatic rings. The second-order valence-corrected chi connectivity index (χ2v) is 9.26. The molecule has 0 fully saturated rings. The molecule has 0 aliphatic rings. The molecule has 0 aliphatic heterocycles. The fourth-order valence-corrected chi connectivity index (χ4v) is 3.49. The smallest absolute Gasteiger partial charge is 0.428 e. The number of halogens is 2. The first-order valence-electron chi connectivity index (χ1n) is 11.6. The second kappa shape index (κ2) is 11.8. The van der Waals surface area contributed by atoms with Gasteiger partial charge in [0.15, 0.2) is 11.6 Å². The van der Waals surface area contributed by atoms with Crippen molar-refractivity contribution in [2.24, 2.45) is 0 Å². The van der Waals surface area contributed by atoms with Crippen LogP contribution in [0.25, 0.3) is 11.1 Å². The van der Waals surface area contributed by atoms with Crippen LogP contribution in [-0.4, -0.2) is 43.9 Å². The van der Waals surface area contributed by atoms with E-state index in [2.05, 4.69) is 5.43 Å². The molecule has 3 rings (SSSR count). The molecule has 10 heteroatoms. The highest BCUT2D eigenvalue weighted by molar-refractivity contribution is 5.96. The number of methoxy groups -OCH3 is 2. The average molecular weight is 529 g/mol. The Kier molecular flexibility index (Phi) is 8.77. The SMILES string of the molecule is COC(=O)c1cccc(COc2ccc(-c3cc(F)c(F)cc3OC)cc2)c1NN(C)C(=O)OC(C)(C)C. The van der Waals surface area contributed by atoms with Gasteiger partial charge in [-0.2, -0.15) is 0 Å². The molecule has 0 spiro atoms. The second-order valence-electron chi connectivity index (χ2n) is 9.26. The van der Waals surface area contributed by atoms with Crippen molar-refractivity contribution in [1.29, 1.82) is 0 Å². The van der Waals surface area contributed by atoms with E-state index < -0.39 is 29.3 Å². The first-order valence-corrected chi connectivity index (χ1v) is 11.6. The molecule has 8 nitrogen and oxygen atoms in total. The highest BCUT2D eigenvalue weighted by Gasteiger charge is 2.23. The van der Waals surface area contributed by atoms with Crippen molar-refractivity contribution < 1.29 is 37.3 Å². The van der Waals surface area contributed by atoms with Gasteiger partial charge >= 0.3 is 12.1 Å². The number of carbonyl (C=O) groups excluding carboxylic acids is 2. The summed E-state index contributed by atoms with van der Waals surface area (Å²) < 4.78 is 48.8. The van der Waals surface area contributed by atoms with Gasteiger partial charge in [-0.1, -0.05) is 24.3 Å². The van der Waals surface area contributed by atoms with Crippen LogP contribution in [0.15, 0.2) is 54.6 Å². The summed E-state index contributed by atoms with van der Waals surface area (Å²) in [4.78, 5) is 24.9. The number of hydrogen-bond acceptors (Lipinski definition) is 7. The Balaban J connectivity index is 1.83. The predicted molar refractivity (Wildman–Crippen MR) is 138 cm³/mol. The number of amides is 1. The Labute approximate surface area is 220 Å². The van der Waals surface area contributed by atoms with E-state index in [1.165, 1.54) is 21.3 Å². The Bertz CT molecular complexity index is 1310. The zero-order valence-electron chi connectivity index (χ0n) is 22.1. The third-order valence-electron chi connectivity index (χ3n) is 5.30. The summed E-state index contributed by atoms with van der Waals surface area (Å²) in [6, 6.07) is 13.7. The van der Waals surface area contributed by atoms with Crippen LogP contribution >= 0.6 is 0 Å². The van der Waals surface area contributed by atoms with Gasteiger partial charge in [-0.15, -0.1) is 0 Å². The summed E-state index contributed by atoms with van der Waals surface area (Å²) in [5, 5.41) is 1.13. The van der Waals surface area contributed by atoms with Crippen molar-refractivity contribution in [2.45, 2.75) is 33.0 Å². The van der Waals surface area contributed by atoms with Crippen LogP contribution in [0.1, 0.15) is 36.7 Å². The van der Waals surface area contributed by atoms with E-state index in [0.29, 0.717) is 28.1 Å². The van der Waals surface area contributed by atoms with Gasteiger partial charge in [-0.3, -0.25) is 5.43 Å². The third kappa shape index (κ3) is 6.90. The van der Waals surface area contributed by atoms with Crippen LogP contribution in [0, 0.1) is 11.6 Å². The van der Waals surface area contributed by atoms with E-state index in [9.17, 15) is 18.4 Å². The summed E-state index contributed by atoms with van der Waals surface area (Å²) in [6.45, 7) is 5.26. The van der Waals surface area contributed by atoms with Crippen LogP contribution in [0.5, 0.6) is 11.5 Å². The molecule has 0 radical (unpaired) electrons. The Morgan fingerprint density at radius 1 is 0.974 bits per heavy atom. The van der Waals surface area contributed by atoms with Crippen molar-refractivity contribution in [3.05, 3.63) is 77.4 Å². The summed E-state index contributed by atoms with van der Waals surface area (Å²) in [6.07, 6.45) is -0.646. The van der Waals surface area contributed by atoms with Gasteiger partial charge in [0, 0.05) is 24.2 Å². The number of hydrogen-bond donors (Lipinski definition) is 1. The highest BCUT2D eigenvalue weighted by atomic mass is 19.2. The van der Waals surface area contributed by atoms with Crippen molar-refractivity contribution in [3.63, 3.8) is 0 Å². The molecule has 3 aromatic carbocycles. The average Bonchev–Trinajstić information content (AvgIpc) is 2.88. The number of anilines is 1. The van der Waals surface area contributed by atoms with E-state index in [1.807, 2.05) is 0 Å². The molecule has 38 heavy (non-hydrogen) atoms.